The lowest BCUT2D eigenvalue weighted by Gasteiger charge is -2.40. The second-order valence-electron chi connectivity index (χ2n) is 6.85. The van der Waals surface area contributed by atoms with Gasteiger partial charge < -0.3 is 15.0 Å². The molecule has 0 aliphatic carbocycles. The largest absolute Gasteiger partial charge is 0.381 e. The zero-order valence-corrected chi connectivity index (χ0v) is 13.1. The predicted molar refractivity (Wildman–Crippen MR) is 80.5 cm³/mol. The first-order chi connectivity index (χ1) is 9.17. The number of rotatable bonds is 6. The van der Waals surface area contributed by atoms with E-state index in [1.54, 1.807) is 0 Å². The minimum atomic E-state index is 0.352. The van der Waals surface area contributed by atoms with Crippen molar-refractivity contribution >= 4 is 0 Å². The maximum absolute atomic E-state index is 5.79. The smallest absolute Gasteiger partial charge is 0.0546 e. The third-order valence-electron chi connectivity index (χ3n) is 5.53. The summed E-state index contributed by atoms with van der Waals surface area (Å²) >= 11 is 0. The van der Waals surface area contributed by atoms with Gasteiger partial charge in [0.2, 0.25) is 0 Å². The number of hydrogen-bond donors (Lipinski definition) is 1. The molecule has 2 aliphatic rings. The normalized spacial score (nSPS) is 31.7. The van der Waals surface area contributed by atoms with Gasteiger partial charge >= 0.3 is 0 Å². The quantitative estimate of drug-likeness (QED) is 0.801. The monoisotopic (exact) mass is 268 g/mol. The molecule has 1 unspecified atom stereocenters. The summed E-state index contributed by atoms with van der Waals surface area (Å²) in [6.07, 6.45) is 6.58. The molecule has 2 saturated heterocycles. The van der Waals surface area contributed by atoms with Gasteiger partial charge in [0.25, 0.3) is 0 Å². The molecule has 0 spiro atoms. The van der Waals surface area contributed by atoms with E-state index in [0.717, 1.165) is 19.8 Å². The van der Waals surface area contributed by atoms with Crippen LogP contribution in [0.5, 0.6) is 0 Å². The summed E-state index contributed by atoms with van der Waals surface area (Å²) in [6, 6.07) is 0. The molecule has 3 nitrogen and oxygen atoms in total. The lowest BCUT2D eigenvalue weighted by Crippen LogP contribution is -2.48. The standard InChI is InChI=1S/C16H32N2O/c1-4-15(5-2)8-9-18(12-15)13-16(11-17-3)7-6-10-19-14-16/h17H,4-14H2,1-3H3. The lowest BCUT2D eigenvalue weighted by molar-refractivity contribution is -0.0236. The first-order valence-corrected chi connectivity index (χ1v) is 8.12. The molecule has 0 aromatic heterocycles. The second kappa shape index (κ2) is 6.55. The molecule has 0 bridgehead atoms. The topological polar surface area (TPSA) is 24.5 Å². The van der Waals surface area contributed by atoms with Crippen LogP contribution in [0.3, 0.4) is 0 Å². The number of likely N-dealkylation sites (tertiary alicyclic amines) is 1. The Morgan fingerprint density at radius 1 is 1.16 bits per heavy atom. The third kappa shape index (κ3) is 3.50. The Morgan fingerprint density at radius 3 is 2.47 bits per heavy atom. The molecular weight excluding hydrogens is 236 g/mol. The Hall–Kier alpha value is -0.120. The van der Waals surface area contributed by atoms with Crippen LogP contribution < -0.4 is 5.32 Å². The van der Waals surface area contributed by atoms with Gasteiger partial charge in [0.1, 0.15) is 0 Å². The van der Waals surface area contributed by atoms with Crippen molar-refractivity contribution in [1.29, 1.82) is 0 Å². The van der Waals surface area contributed by atoms with Crippen molar-refractivity contribution in [3.05, 3.63) is 0 Å². The van der Waals surface area contributed by atoms with Gasteiger partial charge in [-0.1, -0.05) is 13.8 Å². The highest BCUT2D eigenvalue weighted by molar-refractivity contribution is 4.93. The average molecular weight is 268 g/mol. The van der Waals surface area contributed by atoms with Gasteiger partial charge in [0.15, 0.2) is 0 Å². The van der Waals surface area contributed by atoms with Crippen molar-refractivity contribution in [2.45, 2.75) is 46.0 Å². The average Bonchev–Trinajstić information content (AvgIpc) is 2.84. The Labute approximate surface area is 119 Å². The van der Waals surface area contributed by atoms with Gasteiger partial charge in [-0.2, -0.15) is 0 Å². The summed E-state index contributed by atoms with van der Waals surface area (Å²) in [4.78, 5) is 2.71. The molecule has 0 amide bonds. The maximum atomic E-state index is 5.79. The molecule has 1 atom stereocenters. The molecule has 19 heavy (non-hydrogen) atoms. The molecule has 2 fully saturated rings. The molecule has 0 aromatic rings. The fraction of sp³-hybridized carbons (Fsp3) is 1.00. The molecule has 2 rings (SSSR count). The van der Waals surface area contributed by atoms with Gasteiger partial charge in [-0.3, -0.25) is 0 Å². The highest BCUT2D eigenvalue weighted by Gasteiger charge is 2.40. The van der Waals surface area contributed by atoms with E-state index in [4.69, 9.17) is 4.74 Å². The van der Waals surface area contributed by atoms with Crippen LogP contribution in [0.2, 0.25) is 0 Å². The van der Waals surface area contributed by atoms with Crippen LogP contribution in [0.15, 0.2) is 0 Å². The van der Waals surface area contributed by atoms with Gasteiger partial charge in [0, 0.05) is 31.7 Å². The zero-order valence-electron chi connectivity index (χ0n) is 13.1. The van der Waals surface area contributed by atoms with Crippen molar-refractivity contribution in [3.8, 4) is 0 Å². The van der Waals surface area contributed by atoms with Crippen molar-refractivity contribution in [1.82, 2.24) is 10.2 Å². The number of nitrogens with one attached hydrogen (secondary N) is 1. The summed E-state index contributed by atoms with van der Waals surface area (Å²) in [5.74, 6) is 0. The van der Waals surface area contributed by atoms with Crippen molar-refractivity contribution < 1.29 is 4.74 Å². The molecule has 0 aromatic carbocycles. The summed E-state index contributed by atoms with van der Waals surface area (Å²) in [5.41, 5.74) is 0.945. The summed E-state index contributed by atoms with van der Waals surface area (Å²) < 4.78 is 5.79. The van der Waals surface area contributed by atoms with Crippen LogP contribution >= 0.6 is 0 Å². The van der Waals surface area contributed by atoms with Crippen LogP contribution in [-0.4, -0.2) is 51.3 Å². The van der Waals surface area contributed by atoms with Gasteiger partial charge in [-0.15, -0.1) is 0 Å². The number of hydrogen-bond acceptors (Lipinski definition) is 3. The highest BCUT2D eigenvalue weighted by Crippen LogP contribution is 2.39. The second-order valence-corrected chi connectivity index (χ2v) is 6.85. The van der Waals surface area contributed by atoms with Crippen LogP contribution in [0.4, 0.5) is 0 Å². The molecule has 0 saturated carbocycles. The molecule has 112 valence electrons. The fourth-order valence-corrected chi connectivity index (χ4v) is 4.07. The Bertz CT molecular complexity index is 264. The van der Waals surface area contributed by atoms with E-state index < -0.39 is 0 Å². The van der Waals surface area contributed by atoms with E-state index in [-0.39, 0.29) is 0 Å². The van der Waals surface area contributed by atoms with Gasteiger partial charge in [-0.25, -0.2) is 0 Å². The molecule has 2 heterocycles. The Kier molecular flexibility index (Phi) is 5.27. The van der Waals surface area contributed by atoms with Crippen LogP contribution in [0, 0.1) is 10.8 Å². The molecule has 0 radical (unpaired) electrons. The maximum Gasteiger partial charge on any atom is 0.0546 e. The fourth-order valence-electron chi connectivity index (χ4n) is 4.07. The molecule has 2 aliphatic heterocycles. The van der Waals surface area contributed by atoms with Crippen molar-refractivity contribution in [3.63, 3.8) is 0 Å². The Balaban J connectivity index is 1.95. The SMILES string of the molecule is CCC1(CC)CCN(CC2(CNC)CCCOC2)C1. The van der Waals surface area contributed by atoms with Crippen molar-refractivity contribution in [2.24, 2.45) is 10.8 Å². The van der Waals surface area contributed by atoms with E-state index in [0.29, 0.717) is 10.8 Å². The van der Waals surface area contributed by atoms with Crippen LogP contribution in [0.1, 0.15) is 46.0 Å². The van der Waals surface area contributed by atoms with Gasteiger partial charge in [-0.05, 0) is 51.1 Å². The van der Waals surface area contributed by atoms with Crippen LogP contribution in [0.25, 0.3) is 0 Å². The third-order valence-corrected chi connectivity index (χ3v) is 5.53. The zero-order chi connectivity index (χ0) is 13.8. The first-order valence-electron chi connectivity index (χ1n) is 8.12. The number of ether oxygens (including phenoxy) is 1. The van der Waals surface area contributed by atoms with E-state index >= 15 is 0 Å². The van der Waals surface area contributed by atoms with E-state index in [1.807, 2.05) is 0 Å². The summed E-state index contributed by atoms with van der Waals surface area (Å²) in [6.45, 7) is 11.5. The molecule has 3 heteroatoms. The highest BCUT2D eigenvalue weighted by atomic mass is 16.5. The lowest BCUT2D eigenvalue weighted by atomic mass is 9.80. The number of nitrogens with zero attached hydrogens (tertiary/aromatic N) is 1. The van der Waals surface area contributed by atoms with Crippen molar-refractivity contribution in [2.75, 3.05) is 46.4 Å². The minimum absolute atomic E-state index is 0.352. The molecular formula is C16H32N2O. The first kappa shape index (κ1) is 15.3. The minimum Gasteiger partial charge on any atom is -0.381 e. The van der Waals surface area contributed by atoms with E-state index in [1.165, 1.54) is 51.7 Å². The van der Waals surface area contributed by atoms with Crippen LogP contribution in [-0.2, 0) is 4.74 Å². The summed E-state index contributed by atoms with van der Waals surface area (Å²) in [7, 11) is 2.07. The summed E-state index contributed by atoms with van der Waals surface area (Å²) in [5, 5.41) is 3.39. The predicted octanol–water partition coefficient (Wildman–Crippen LogP) is 2.51. The molecule has 1 N–H and O–H groups in total. The van der Waals surface area contributed by atoms with E-state index in [2.05, 4.69) is 31.1 Å². The van der Waals surface area contributed by atoms with Gasteiger partial charge in [0.05, 0.1) is 6.61 Å². The van der Waals surface area contributed by atoms with E-state index in [9.17, 15) is 0 Å². The Morgan fingerprint density at radius 2 is 1.95 bits per heavy atom.